The molecule has 0 radical (unpaired) electrons. The molecule has 3 rings (SSSR count). The fourth-order valence-electron chi connectivity index (χ4n) is 1.66. The molecule has 1 N–H and O–H groups in total. The fourth-order valence-corrected chi connectivity index (χ4v) is 3.57. The monoisotopic (exact) mass is 319 g/mol. The summed E-state index contributed by atoms with van der Waals surface area (Å²) in [5, 5.41) is 3.47. The van der Waals surface area contributed by atoms with Crippen LogP contribution in [0.15, 0.2) is 33.8 Å². The predicted molar refractivity (Wildman–Crippen MR) is 84.3 cm³/mol. The maximum absolute atomic E-state index is 5.35. The first-order valence-electron chi connectivity index (χ1n) is 6.38. The van der Waals surface area contributed by atoms with E-state index in [9.17, 15) is 0 Å². The average molecular weight is 319 g/mol. The molecule has 8 heteroatoms. The van der Waals surface area contributed by atoms with Crippen LogP contribution >= 0.6 is 23.1 Å². The van der Waals surface area contributed by atoms with Crippen molar-refractivity contribution in [2.45, 2.75) is 16.4 Å². The third-order valence-corrected chi connectivity index (χ3v) is 4.51. The number of hydrogen-bond acceptors (Lipinski definition) is 8. The Kier molecular flexibility index (Phi) is 4.16. The quantitative estimate of drug-likeness (QED) is 0.774. The van der Waals surface area contributed by atoms with Crippen molar-refractivity contribution in [3.8, 4) is 6.01 Å². The molecule has 0 atom stereocenters. The Labute approximate surface area is 130 Å². The van der Waals surface area contributed by atoms with E-state index in [1.54, 1.807) is 18.4 Å². The van der Waals surface area contributed by atoms with Crippen LogP contribution in [-0.2, 0) is 0 Å². The molecule has 21 heavy (non-hydrogen) atoms. The first-order valence-corrected chi connectivity index (χ1v) is 8.02. The highest BCUT2D eigenvalue weighted by Gasteiger charge is 2.11. The van der Waals surface area contributed by atoms with E-state index in [0.29, 0.717) is 23.7 Å². The summed E-state index contributed by atoms with van der Waals surface area (Å²) in [6.07, 6.45) is 0. The van der Waals surface area contributed by atoms with Crippen molar-refractivity contribution in [3.05, 3.63) is 24.3 Å². The average Bonchev–Trinajstić information content (AvgIpc) is 2.89. The number of nitrogens with zero attached hydrogens (tertiary/aromatic N) is 4. The maximum Gasteiger partial charge on any atom is 0.322 e. The number of nitrogens with one attached hydrogen (secondary N) is 1. The van der Waals surface area contributed by atoms with E-state index in [4.69, 9.17) is 4.74 Å². The zero-order valence-electron chi connectivity index (χ0n) is 11.5. The third-order valence-electron chi connectivity index (χ3n) is 2.54. The first-order chi connectivity index (χ1) is 10.3. The number of fused-ring (bicyclic) bond motifs is 1. The SMILES string of the molecule is CCOc1nc(NC)nc(Sc2nc3ccccc3s2)n1. The lowest BCUT2D eigenvalue weighted by Crippen LogP contribution is -2.04. The summed E-state index contributed by atoms with van der Waals surface area (Å²) in [5.74, 6) is 0.483. The van der Waals surface area contributed by atoms with Crippen LogP contribution in [-0.4, -0.2) is 33.6 Å². The van der Waals surface area contributed by atoms with Gasteiger partial charge in [-0.3, -0.25) is 0 Å². The van der Waals surface area contributed by atoms with Crippen LogP contribution in [0, 0.1) is 0 Å². The molecule has 0 aliphatic carbocycles. The van der Waals surface area contributed by atoms with Gasteiger partial charge in [-0.15, -0.1) is 11.3 Å². The van der Waals surface area contributed by atoms with Crippen LogP contribution in [0.25, 0.3) is 10.2 Å². The number of ether oxygens (including phenoxy) is 1. The van der Waals surface area contributed by atoms with Crippen LogP contribution in [0.4, 0.5) is 5.95 Å². The number of hydrogen-bond donors (Lipinski definition) is 1. The summed E-state index contributed by atoms with van der Waals surface area (Å²) in [7, 11) is 1.76. The van der Waals surface area contributed by atoms with Gasteiger partial charge in [-0.25, -0.2) is 4.98 Å². The Morgan fingerprint density at radius 3 is 2.81 bits per heavy atom. The molecule has 0 unspecified atom stereocenters. The molecule has 0 aliphatic heterocycles. The van der Waals surface area contributed by atoms with Gasteiger partial charge >= 0.3 is 6.01 Å². The predicted octanol–water partition coefficient (Wildman–Crippen LogP) is 3.07. The second-order valence-electron chi connectivity index (χ2n) is 3.96. The number of anilines is 1. The molecule has 2 heterocycles. The van der Waals surface area contributed by atoms with Crippen molar-refractivity contribution >= 4 is 39.3 Å². The molecule has 2 aromatic heterocycles. The highest BCUT2D eigenvalue weighted by Crippen LogP contribution is 2.33. The van der Waals surface area contributed by atoms with E-state index in [1.807, 2.05) is 25.1 Å². The topological polar surface area (TPSA) is 72.8 Å². The summed E-state index contributed by atoms with van der Waals surface area (Å²) in [6, 6.07) is 8.35. The van der Waals surface area contributed by atoms with Gasteiger partial charge in [0.05, 0.1) is 16.8 Å². The zero-order chi connectivity index (χ0) is 14.7. The van der Waals surface area contributed by atoms with Gasteiger partial charge in [-0.2, -0.15) is 15.0 Å². The number of rotatable bonds is 5. The van der Waals surface area contributed by atoms with Crippen molar-refractivity contribution in [2.75, 3.05) is 19.0 Å². The van der Waals surface area contributed by atoms with Gasteiger partial charge in [0.15, 0.2) is 4.34 Å². The Morgan fingerprint density at radius 1 is 1.19 bits per heavy atom. The van der Waals surface area contributed by atoms with Crippen LogP contribution in [0.2, 0.25) is 0 Å². The van der Waals surface area contributed by atoms with Gasteiger partial charge in [-0.1, -0.05) is 12.1 Å². The minimum absolute atomic E-state index is 0.320. The summed E-state index contributed by atoms with van der Waals surface area (Å²) in [4.78, 5) is 17.3. The van der Waals surface area contributed by atoms with Gasteiger partial charge in [0.25, 0.3) is 0 Å². The Morgan fingerprint density at radius 2 is 2.05 bits per heavy atom. The van der Waals surface area contributed by atoms with E-state index in [-0.39, 0.29) is 0 Å². The number of benzene rings is 1. The second kappa shape index (κ2) is 6.23. The second-order valence-corrected chi connectivity index (χ2v) is 6.20. The molecule has 0 saturated carbocycles. The summed E-state index contributed by atoms with van der Waals surface area (Å²) in [6.45, 7) is 2.40. The van der Waals surface area contributed by atoms with Gasteiger partial charge in [0.2, 0.25) is 11.1 Å². The smallest absolute Gasteiger partial charge is 0.322 e. The highest BCUT2D eigenvalue weighted by atomic mass is 32.2. The Balaban J connectivity index is 1.90. The molecule has 3 aromatic rings. The van der Waals surface area contributed by atoms with E-state index in [2.05, 4.69) is 31.3 Å². The number of thiazole rings is 1. The first kappa shape index (κ1) is 14.0. The number of aromatic nitrogens is 4. The Hall–Kier alpha value is -1.93. The third kappa shape index (κ3) is 3.22. The summed E-state index contributed by atoms with van der Waals surface area (Å²) >= 11 is 3.02. The Bertz CT molecular complexity index is 728. The molecule has 0 bridgehead atoms. The largest absolute Gasteiger partial charge is 0.464 e. The fraction of sp³-hybridized carbons (Fsp3) is 0.231. The van der Waals surface area contributed by atoms with Crippen LogP contribution < -0.4 is 10.1 Å². The van der Waals surface area contributed by atoms with Crippen molar-refractivity contribution in [3.63, 3.8) is 0 Å². The normalized spacial score (nSPS) is 10.8. The standard InChI is InChI=1S/C13H13N5OS2/c1-3-19-11-16-10(14-2)17-12(18-11)21-13-15-8-6-4-5-7-9(8)20-13/h4-7H,3H2,1-2H3,(H,14,16,17,18). The van der Waals surface area contributed by atoms with Crippen molar-refractivity contribution in [1.82, 2.24) is 19.9 Å². The number of para-hydroxylation sites is 1. The zero-order valence-corrected chi connectivity index (χ0v) is 13.2. The van der Waals surface area contributed by atoms with Crippen LogP contribution in [0.1, 0.15) is 6.92 Å². The van der Waals surface area contributed by atoms with Gasteiger partial charge in [-0.05, 0) is 30.8 Å². The lowest BCUT2D eigenvalue weighted by molar-refractivity contribution is 0.308. The minimum Gasteiger partial charge on any atom is -0.464 e. The molecule has 0 amide bonds. The lowest BCUT2D eigenvalue weighted by Gasteiger charge is -2.05. The summed E-state index contributed by atoms with van der Waals surface area (Å²) < 4.78 is 7.39. The molecule has 0 aliphatic rings. The molecule has 0 spiro atoms. The van der Waals surface area contributed by atoms with E-state index < -0.39 is 0 Å². The van der Waals surface area contributed by atoms with E-state index in [1.165, 1.54) is 11.8 Å². The molecule has 0 saturated heterocycles. The molecule has 6 nitrogen and oxygen atoms in total. The molecular weight excluding hydrogens is 306 g/mol. The minimum atomic E-state index is 0.320. The van der Waals surface area contributed by atoms with Crippen LogP contribution in [0.3, 0.4) is 0 Å². The van der Waals surface area contributed by atoms with Gasteiger partial charge in [0.1, 0.15) is 0 Å². The van der Waals surface area contributed by atoms with E-state index in [0.717, 1.165) is 14.6 Å². The molecule has 108 valence electrons. The lowest BCUT2D eigenvalue weighted by atomic mass is 10.3. The van der Waals surface area contributed by atoms with Crippen molar-refractivity contribution < 1.29 is 4.74 Å². The van der Waals surface area contributed by atoms with Crippen molar-refractivity contribution in [1.29, 1.82) is 0 Å². The maximum atomic E-state index is 5.35. The summed E-state index contributed by atoms with van der Waals surface area (Å²) in [5.41, 5.74) is 0.984. The van der Waals surface area contributed by atoms with Crippen molar-refractivity contribution in [2.24, 2.45) is 0 Å². The molecule has 0 fully saturated rings. The molecule has 1 aromatic carbocycles. The van der Waals surface area contributed by atoms with Gasteiger partial charge in [0, 0.05) is 7.05 Å². The van der Waals surface area contributed by atoms with Gasteiger partial charge < -0.3 is 10.1 Å². The highest BCUT2D eigenvalue weighted by molar-refractivity contribution is 8.01. The van der Waals surface area contributed by atoms with Crippen LogP contribution in [0.5, 0.6) is 6.01 Å². The molecular formula is C13H13N5OS2. The van der Waals surface area contributed by atoms with E-state index >= 15 is 0 Å².